The highest BCUT2D eigenvalue weighted by atomic mass is 127. The van der Waals surface area contributed by atoms with Crippen LogP contribution in [0.1, 0.15) is 16.7 Å². The number of halogens is 1. The van der Waals surface area contributed by atoms with E-state index in [0.29, 0.717) is 15.8 Å². The van der Waals surface area contributed by atoms with Crippen LogP contribution in [0.4, 0.5) is 0 Å². The molecule has 0 radical (unpaired) electrons. The van der Waals surface area contributed by atoms with Gasteiger partial charge in [-0.3, -0.25) is 9.69 Å². The maximum absolute atomic E-state index is 12.6. The lowest BCUT2D eigenvalue weighted by molar-refractivity contribution is -0.122. The van der Waals surface area contributed by atoms with E-state index in [4.69, 9.17) is 12.2 Å². The normalized spacial score (nSPS) is 16.2. The van der Waals surface area contributed by atoms with Gasteiger partial charge in [0.15, 0.2) is 0 Å². The molecule has 1 heterocycles. The van der Waals surface area contributed by atoms with Gasteiger partial charge >= 0.3 is 0 Å². The van der Waals surface area contributed by atoms with E-state index in [1.807, 2.05) is 43.3 Å². The predicted molar refractivity (Wildman–Crippen MR) is 111 cm³/mol. The number of carbonyl (C=O) groups is 1. The molecule has 1 aliphatic heterocycles. The van der Waals surface area contributed by atoms with Gasteiger partial charge in [0.25, 0.3) is 5.91 Å². The summed E-state index contributed by atoms with van der Waals surface area (Å²) >= 11 is 8.74. The van der Waals surface area contributed by atoms with Gasteiger partial charge in [-0.25, -0.2) is 0 Å². The quantitative estimate of drug-likeness (QED) is 0.404. The van der Waals surface area contributed by atoms with Gasteiger partial charge in [-0.15, -0.1) is 0 Å². The van der Waals surface area contributed by atoms with Gasteiger partial charge in [0, 0.05) is 0 Å². The van der Waals surface area contributed by atoms with E-state index in [1.165, 1.54) is 17.3 Å². The van der Waals surface area contributed by atoms with E-state index in [1.54, 1.807) is 17.0 Å². The summed E-state index contributed by atoms with van der Waals surface area (Å²) in [6.45, 7) is 2.51. The van der Waals surface area contributed by atoms with E-state index in [-0.39, 0.29) is 11.7 Å². The average Bonchev–Trinajstić information content (AvgIpc) is 2.80. The number of amides is 1. The summed E-state index contributed by atoms with van der Waals surface area (Å²) in [4.78, 5) is 14.9. The zero-order valence-corrected chi connectivity index (χ0v) is 16.6. The number of benzene rings is 2. The van der Waals surface area contributed by atoms with Crippen molar-refractivity contribution in [1.29, 1.82) is 0 Å². The molecular formula is C18H14INO2S2. The molecule has 3 rings (SSSR count). The minimum atomic E-state index is -0.0753. The summed E-state index contributed by atoms with van der Waals surface area (Å²) in [5, 5.41) is 9.59. The first-order valence-electron chi connectivity index (χ1n) is 7.23. The summed E-state index contributed by atoms with van der Waals surface area (Å²) in [7, 11) is 0. The van der Waals surface area contributed by atoms with Crippen LogP contribution < -0.4 is 0 Å². The first kappa shape index (κ1) is 17.4. The maximum atomic E-state index is 12.6. The highest BCUT2D eigenvalue weighted by Gasteiger charge is 2.31. The standard InChI is InChI=1S/C18H14INO2S2/c1-11-2-4-12(5-3-11)10-20-17(22)16(24-18(20)23)9-13-6-7-15(21)14(19)8-13/h2-9,21H,10H2,1H3/b16-9-. The zero-order valence-electron chi connectivity index (χ0n) is 12.8. The van der Waals surface area contributed by atoms with Crippen molar-refractivity contribution in [1.82, 2.24) is 4.90 Å². The van der Waals surface area contributed by atoms with Crippen molar-refractivity contribution in [2.45, 2.75) is 13.5 Å². The van der Waals surface area contributed by atoms with E-state index in [2.05, 4.69) is 22.6 Å². The van der Waals surface area contributed by atoms with Crippen molar-refractivity contribution in [2.75, 3.05) is 0 Å². The Bertz CT molecular complexity index is 847. The van der Waals surface area contributed by atoms with Crippen molar-refractivity contribution in [3.05, 3.63) is 67.6 Å². The third-order valence-electron chi connectivity index (χ3n) is 3.60. The number of aryl methyl sites for hydroxylation is 1. The van der Waals surface area contributed by atoms with Crippen LogP contribution in [0.2, 0.25) is 0 Å². The summed E-state index contributed by atoms with van der Waals surface area (Å²) < 4.78 is 1.32. The van der Waals surface area contributed by atoms with Gasteiger partial charge in [-0.1, -0.05) is 59.9 Å². The van der Waals surface area contributed by atoms with Gasteiger partial charge < -0.3 is 5.11 Å². The van der Waals surface area contributed by atoms with Gasteiger partial charge in [-0.2, -0.15) is 0 Å². The van der Waals surface area contributed by atoms with Crippen molar-refractivity contribution in [3.63, 3.8) is 0 Å². The SMILES string of the molecule is Cc1ccc(CN2C(=O)/C(=C/c3ccc(O)c(I)c3)SC2=S)cc1. The average molecular weight is 467 g/mol. The molecule has 1 fully saturated rings. The summed E-state index contributed by atoms with van der Waals surface area (Å²) in [6.07, 6.45) is 1.82. The van der Waals surface area contributed by atoms with Crippen molar-refractivity contribution in [3.8, 4) is 5.75 Å². The molecule has 6 heteroatoms. The molecule has 0 saturated carbocycles. The van der Waals surface area contributed by atoms with E-state index in [0.717, 1.165) is 14.7 Å². The number of phenols is 1. The fourth-order valence-corrected chi connectivity index (χ4v) is 4.07. The zero-order chi connectivity index (χ0) is 17.3. The second kappa shape index (κ2) is 7.25. The van der Waals surface area contributed by atoms with E-state index in [9.17, 15) is 9.90 Å². The van der Waals surface area contributed by atoms with Crippen molar-refractivity contribution in [2.24, 2.45) is 0 Å². The minimum Gasteiger partial charge on any atom is -0.507 e. The lowest BCUT2D eigenvalue weighted by atomic mass is 10.1. The van der Waals surface area contributed by atoms with Crippen LogP contribution in [0.15, 0.2) is 47.4 Å². The molecule has 1 amide bonds. The van der Waals surface area contributed by atoms with Crippen LogP contribution in [0, 0.1) is 10.5 Å². The number of nitrogens with zero attached hydrogens (tertiary/aromatic N) is 1. The monoisotopic (exact) mass is 467 g/mol. The topological polar surface area (TPSA) is 40.5 Å². The number of thioether (sulfide) groups is 1. The molecule has 0 unspecified atom stereocenters. The Morgan fingerprint density at radius 1 is 1.25 bits per heavy atom. The molecule has 2 aromatic rings. The fraction of sp³-hybridized carbons (Fsp3) is 0.111. The highest BCUT2D eigenvalue weighted by Crippen LogP contribution is 2.34. The molecule has 1 N–H and O–H groups in total. The number of thiocarbonyl (C=S) groups is 1. The summed E-state index contributed by atoms with van der Waals surface area (Å²) in [5.41, 5.74) is 3.11. The highest BCUT2D eigenvalue weighted by molar-refractivity contribution is 14.1. The number of phenolic OH excluding ortho intramolecular Hbond substituents is 1. The number of carbonyl (C=O) groups excluding carboxylic acids is 1. The van der Waals surface area contributed by atoms with Gasteiger partial charge in [0.05, 0.1) is 15.0 Å². The van der Waals surface area contributed by atoms with Crippen LogP contribution in [0.3, 0.4) is 0 Å². The van der Waals surface area contributed by atoms with Gasteiger partial charge in [-0.05, 0) is 58.9 Å². The Balaban J connectivity index is 1.81. The molecular weight excluding hydrogens is 453 g/mol. The Labute approximate surface area is 163 Å². The van der Waals surface area contributed by atoms with E-state index >= 15 is 0 Å². The Hall–Kier alpha value is -1.38. The number of hydrogen-bond donors (Lipinski definition) is 1. The fourth-order valence-electron chi connectivity index (χ4n) is 2.28. The van der Waals surface area contributed by atoms with Crippen molar-refractivity contribution >= 4 is 62.9 Å². The minimum absolute atomic E-state index is 0.0753. The first-order chi connectivity index (χ1) is 11.4. The molecule has 122 valence electrons. The van der Waals surface area contributed by atoms with E-state index < -0.39 is 0 Å². The molecule has 24 heavy (non-hydrogen) atoms. The Morgan fingerprint density at radius 3 is 2.62 bits per heavy atom. The summed E-state index contributed by atoms with van der Waals surface area (Å²) in [5.74, 6) is 0.160. The molecule has 1 saturated heterocycles. The molecule has 2 aromatic carbocycles. The molecule has 3 nitrogen and oxygen atoms in total. The van der Waals surface area contributed by atoms with Crippen LogP contribution in [-0.2, 0) is 11.3 Å². The Kier molecular flexibility index (Phi) is 5.27. The van der Waals surface area contributed by atoms with Crippen LogP contribution in [-0.4, -0.2) is 20.2 Å². The second-order valence-corrected chi connectivity index (χ2v) is 8.30. The van der Waals surface area contributed by atoms with Crippen LogP contribution in [0.5, 0.6) is 5.75 Å². The predicted octanol–water partition coefficient (Wildman–Crippen LogP) is 4.71. The number of aromatic hydroxyl groups is 1. The molecule has 1 aliphatic rings. The van der Waals surface area contributed by atoms with Crippen molar-refractivity contribution < 1.29 is 9.90 Å². The lowest BCUT2D eigenvalue weighted by Gasteiger charge is -2.14. The molecule has 0 aliphatic carbocycles. The lowest BCUT2D eigenvalue weighted by Crippen LogP contribution is -2.27. The molecule has 0 bridgehead atoms. The third-order valence-corrected chi connectivity index (χ3v) is 5.85. The molecule has 0 aromatic heterocycles. The van der Waals surface area contributed by atoms with Gasteiger partial charge in [0.2, 0.25) is 0 Å². The first-order valence-corrected chi connectivity index (χ1v) is 9.54. The maximum Gasteiger partial charge on any atom is 0.266 e. The molecule has 0 spiro atoms. The molecule has 0 atom stereocenters. The van der Waals surface area contributed by atoms with Gasteiger partial charge in [0.1, 0.15) is 10.1 Å². The largest absolute Gasteiger partial charge is 0.507 e. The summed E-state index contributed by atoms with van der Waals surface area (Å²) in [6, 6.07) is 13.3. The smallest absolute Gasteiger partial charge is 0.266 e. The van der Waals surface area contributed by atoms with Crippen LogP contribution in [0.25, 0.3) is 6.08 Å². The Morgan fingerprint density at radius 2 is 1.96 bits per heavy atom. The number of hydrogen-bond acceptors (Lipinski definition) is 4. The second-order valence-electron chi connectivity index (χ2n) is 5.46. The van der Waals surface area contributed by atoms with Crippen LogP contribution >= 0.6 is 46.6 Å². The third kappa shape index (κ3) is 3.81. The number of rotatable bonds is 3.